The number of para-hydroxylation sites is 1. The van der Waals surface area contributed by atoms with Gasteiger partial charge in [-0.05, 0) is 81.3 Å². The Kier molecular flexibility index (Phi) is 7.09. The molecule has 3 fully saturated rings. The zero-order valence-corrected chi connectivity index (χ0v) is 22.6. The number of piperazine rings is 1. The largest absolute Gasteiger partial charge is 0.350 e. The van der Waals surface area contributed by atoms with Crippen molar-refractivity contribution in [1.29, 1.82) is 0 Å². The molecule has 0 atom stereocenters. The van der Waals surface area contributed by atoms with Crippen LogP contribution in [-0.4, -0.2) is 70.9 Å². The molecule has 0 unspecified atom stereocenters. The van der Waals surface area contributed by atoms with E-state index in [9.17, 15) is 4.79 Å². The summed E-state index contributed by atoms with van der Waals surface area (Å²) in [6, 6.07) is 15.9. The first-order chi connectivity index (χ1) is 18.1. The van der Waals surface area contributed by atoms with Gasteiger partial charge in [0.25, 0.3) is 5.91 Å². The van der Waals surface area contributed by atoms with Crippen LogP contribution in [0.25, 0.3) is 10.9 Å². The number of aromatic nitrogens is 1. The Morgan fingerprint density at radius 3 is 2.22 bits per heavy atom. The first-order valence-electron chi connectivity index (χ1n) is 14.5. The summed E-state index contributed by atoms with van der Waals surface area (Å²) >= 11 is 0. The minimum absolute atomic E-state index is 0.183. The molecular weight excluding hydrogens is 456 g/mol. The highest BCUT2D eigenvalue weighted by Gasteiger charge is 2.31. The van der Waals surface area contributed by atoms with Gasteiger partial charge in [0.05, 0.1) is 0 Å². The first kappa shape index (κ1) is 24.7. The summed E-state index contributed by atoms with van der Waals surface area (Å²) in [7, 11) is 0. The maximum absolute atomic E-state index is 13.8. The number of carbonyl (C=O) groups excluding carboxylic acids is 1. The van der Waals surface area contributed by atoms with E-state index in [0.29, 0.717) is 5.92 Å². The van der Waals surface area contributed by atoms with Crippen molar-refractivity contribution in [3.05, 3.63) is 70.4 Å². The van der Waals surface area contributed by atoms with E-state index in [1.54, 1.807) is 5.56 Å². The molecule has 0 spiro atoms. The molecule has 3 heterocycles. The molecule has 1 N–H and O–H groups in total. The van der Waals surface area contributed by atoms with E-state index in [1.165, 1.54) is 60.6 Å². The zero-order chi connectivity index (χ0) is 25.4. The molecule has 2 aromatic carbocycles. The van der Waals surface area contributed by atoms with Crippen LogP contribution in [0, 0.1) is 13.8 Å². The molecule has 3 aliphatic rings. The molecule has 5 heteroatoms. The van der Waals surface area contributed by atoms with Gasteiger partial charge in [-0.15, -0.1) is 0 Å². The fraction of sp³-hybridized carbons (Fsp3) is 0.531. The molecule has 6 rings (SSSR count). The standard InChI is InChI=1S/C32H42N4O/c1-23-8-7-9-24(2)30(23)25-14-16-34(17-15-25)22-28-27-12-5-6-13-29(27)33-31(28)32(37)36-20-18-35(19-21-36)26-10-3-4-11-26/h5-9,12-13,25-26,33H,3-4,10-11,14-22H2,1-2H3. The first-order valence-corrected chi connectivity index (χ1v) is 14.5. The van der Waals surface area contributed by atoms with E-state index in [4.69, 9.17) is 0 Å². The molecule has 1 saturated carbocycles. The molecule has 5 nitrogen and oxygen atoms in total. The molecule has 196 valence electrons. The van der Waals surface area contributed by atoms with Crippen LogP contribution in [0.3, 0.4) is 0 Å². The van der Waals surface area contributed by atoms with Crippen LogP contribution in [-0.2, 0) is 6.54 Å². The van der Waals surface area contributed by atoms with Crippen LogP contribution in [0.5, 0.6) is 0 Å². The molecule has 37 heavy (non-hydrogen) atoms. The number of aromatic amines is 1. The van der Waals surface area contributed by atoms with Crippen molar-refractivity contribution in [1.82, 2.24) is 19.7 Å². The fourth-order valence-corrected chi connectivity index (χ4v) is 7.34. The number of rotatable bonds is 5. The molecule has 1 amide bonds. The maximum atomic E-state index is 13.8. The third-order valence-electron chi connectivity index (χ3n) is 9.39. The SMILES string of the molecule is Cc1cccc(C)c1C1CCN(Cc2c(C(=O)N3CCN(C4CCCC4)CC3)[nH]c3ccccc23)CC1. The van der Waals surface area contributed by atoms with Gasteiger partial charge in [-0.3, -0.25) is 14.6 Å². The predicted octanol–water partition coefficient (Wildman–Crippen LogP) is 5.86. The molecule has 0 radical (unpaired) electrons. The highest BCUT2D eigenvalue weighted by atomic mass is 16.2. The molecule has 0 bridgehead atoms. The molecular formula is C32H42N4O. The minimum Gasteiger partial charge on any atom is -0.350 e. The number of aryl methyl sites for hydroxylation is 2. The normalized spacial score (nSPS) is 20.8. The number of likely N-dealkylation sites (tertiary alicyclic amines) is 1. The molecule has 2 aliphatic heterocycles. The van der Waals surface area contributed by atoms with Crippen molar-refractivity contribution in [3.63, 3.8) is 0 Å². The van der Waals surface area contributed by atoms with Crippen LogP contribution in [0.2, 0.25) is 0 Å². The van der Waals surface area contributed by atoms with Crippen LogP contribution in [0.4, 0.5) is 0 Å². The number of nitrogens with zero attached hydrogens (tertiary/aromatic N) is 3. The number of fused-ring (bicyclic) bond motifs is 1. The molecule has 1 aromatic heterocycles. The molecule has 1 aliphatic carbocycles. The number of piperidine rings is 1. The van der Waals surface area contributed by atoms with Crippen molar-refractivity contribution in [2.45, 2.75) is 70.9 Å². The van der Waals surface area contributed by atoms with E-state index in [1.807, 2.05) is 0 Å². The lowest BCUT2D eigenvalue weighted by molar-refractivity contribution is 0.0566. The Labute approximate surface area is 221 Å². The van der Waals surface area contributed by atoms with Gasteiger partial charge >= 0.3 is 0 Å². The Hall–Kier alpha value is -2.63. The Bertz CT molecular complexity index is 1220. The van der Waals surface area contributed by atoms with Gasteiger partial charge in [-0.25, -0.2) is 0 Å². The topological polar surface area (TPSA) is 42.6 Å². The maximum Gasteiger partial charge on any atom is 0.270 e. The van der Waals surface area contributed by atoms with Crippen molar-refractivity contribution in [3.8, 4) is 0 Å². The summed E-state index contributed by atoms with van der Waals surface area (Å²) in [5.74, 6) is 0.820. The average molecular weight is 499 g/mol. The van der Waals surface area contributed by atoms with Gasteiger partial charge in [-0.2, -0.15) is 0 Å². The second-order valence-electron chi connectivity index (χ2n) is 11.6. The Balaban J connectivity index is 1.16. The highest BCUT2D eigenvalue weighted by Crippen LogP contribution is 2.34. The van der Waals surface area contributed by atoms with Crippen LogP contribution in [0.1, 0.15) is 77.2 Å². The van der Waals surface area contributed by atoms with Crippen molar-refractivity contribution in [2.24, 2.45) is 0 Å². The quantitative estimate of drug-likeness (QED) is 0.479. The monoisotopic (exact) mass is 498 g/mol. The third kappa shape index (κ3) is 4.96. The van der Waals surface area contributed by atoms with Gasteiger partial charge in [0.15, 0.2) is 0 Å². The van der Waals surface area contributed by atoms with Crippen LogP contribution >= 0.6 is 0 Å². The molecule has 3 aromatic rings. The molecule has 2 saturated heterocycles. The highest BCUT2D eigenvalue weighted by molar-refractivity contribution is 6.01. The van der Waals surface area contributed by atoms with E-state index >= 15 is 0 Å². The average Bonchev–Trinajstić information content (AvgIpc) is 3.58. The van der Waals surface area contributed by atoms with Crippen LogP contribution < -0.4 is 0 Å². The summed E-state index contributed by atoms with van der Waals surface area (Å²) in [5.41, 5.74) is 7.49. The second kappa shape index (κ2) is 10.6. The van der Waals surface area contributed by atoms with E-state index in [2.05, 4.69) is 76.0 Å². The van der Waals surface area contributed by atoms with Crippen molar-refractivity contribution in [2.75, 3.05) is 39.3 Å². The fourth-order valence-electron chi connectivity index (χ4n) is 7.34. The number of hydrogen-bond acceptors (Lipinski definition) is 3. The predicted molar refractivity (Wildman–Crippen MR) is 151 cm³/mol. The zero-order valence-electron chi connectivity index (χ0n) is 22.6. The lowest BCUT2D eigenvalue weighted by Crippen LogP contribution is -2.51. The summed E-state index contributed by atoms with van der Waals surface area (Å²) in [6.07, 6.45) is 7.76. The smallest absolute Gasteiger partial charge is 0.270 e. The van der Waals surface area contributed by atoms with Crippen LogP contribution in [0.15, 0.2) is 42.5 Å². The van der Waals surface area contributed by atoms with Crippen molar-refractivity contribution < 1.29 is 4.79 Å². The summed E-state index contributed by atoms with van der Waals surface area (Å²) in [5, 5.41) is 1.20. The number of benzene rings is 2. The minimum atomic E-state index is 0.183. The van der Waals surface area contributed by atoms with E-state index in [-0.39, 0.29) is 5.91 Å². The van der Waals surface area contributed by atoms with Gasteiger partial charge in [0.2, 0.25) is 0 Å². The number of hydrogen-bond donors (Lipinski definition) is 1. The third-order valence-corrected chi connectivity index (χ3v) is 9.39. The summed E-state index contributed by atoms with van der Waals surface area (Å²) in [6.45, 7) is 11.2. The van der Waals surface area contributed by atoms with Gasteiger partial charge < -0.3 is 9.88 Å². The lowest BCUT2D eigenvalue weighted by atomic mass is 9.84. The summed E-state index contributed by atoms with van der Waals surface area (Å²) in [4.78, 5) is 24.6. The Morgan fingerprint density at radius 2 is 1.51 bits per heavy atom. The number of H-pyrrole nitrogens is 1. The van der Waals surface area contributed by atoms with E-state index in [0.717, 1.165) is 63.1 Å². The van der Waals surface area contributed by atoms with E-state index < -0.39 is 0 Å². The number of nitrogens with one attached hydrogen (secondary N) is 1. The summed E-state index contributed by atoms with van der Waals surface area (Å²) < 4.78 is 0. The van der Waals surface area contributed by atoms with Crippen molar-refractivity contribution >= 4 is 16.8 Å². The number of carbonyl (C=O) groups is 1. The Morgan fingerprint density at radius 1 is 0.838 bits per heavy atom. The van der Waals surface area contributed by atoms with Gasteiger partial charge in [0.1, 0.15) is 5.69 Å². The van der Waals surface area contributed by atoms with Gasteiger partial charge in [-0.1, -0.05) is 49.2 Å². The lowest BCUT2D eigenvalue weighted by Gasteiger charge is -2.38. The second-order valence-corrected chi connectivity index (χ2v) is 11.6. The number of amides is 1. The van der Waals surface area contributed by atoms with Gasteiger partial charge in [0, 0.05) is 55.2 Å².